The number of fused-ring (bicyclic) bond motifs is 1. The molecule has 0 bridgehead atoms. The summed E-state index contributed by atoms with van der Waals surface area (Å²) in [6, 6.07) is 3.88. The Labute approximate surface area is 137 Å². The Hall–Kier alpha value is -1.60. The molecule has 1 aliphatic rings. The zero-order valence-corrected chi connectivity index (χ0v) is 13.7. The lowest BCUT2D eigenvalue weighted by Gasteiger charge is -2.22. The highest BCUT2D eigenvalue weighted by Gasteiger charge is 2.23. The van der Waals surface area contributed by atoms with Gasteiger partial charge < -0.3 is 10.1 Å². The van der Waals surface area contributed by atoms with Gasteiger partial charge in [-0.2, -0.15) is 0 Å². The van der Waals surface area contributed by atoms with Crippen LogP contribution in [0, 0.1) is 6.92 Å². The van der Waals surface area contributed by atoms with Crippen LogP contribution in [0.1, 0.15) is 40.0 Å². The molecule has 2 heterocycles. The van der Waals surface area contributed by atoms with Crippen molar-refractivity contribution in [2.45, 2.75) is 45.2 Å². The van der Waals surface area contributed by atoms with Crippen molar-refractivity contribution in [2.24, 2.45) is 0 Å². The third-order valence-corrected chi connectivity index (χ3v) is 4.89. The van der Waals surface area contributed by atoms with Crippen LogP contribution in [0.3, 0.4) is 0 Å². The zero-order valence-electron chi connectivity index (χ0n) is 12.9. The second-order valence-electron chi connectivity index (χ2n) is 5.57. The number of rotatable bonds is 6. The van der Waals surface area contributed by atoms with E-state index in [0.29, 0.717) is 12.6 Å². The summed E-state index contributed by atoms with van der Waals surface area (Å²) >= 11 is 1.75. The lowest BCUT2D eigenvalue weighted by atomic mass is 9.98. The van der Waals surface area contributed by atoms with Gasteiger partial charge in [-0.1, -0.05) is 0 Å². The van der Waals surface area contributed by atoms with Crippen molar-refractivity contribution in [1.29, 1.82) is 0 Å². The molecule has 0 fully saturated rings. The van der Waals surface area contributed by atoms with Gasteiger partial charge in [0.1, 0.15) is 0 Å². The number of nitrogens with zero attached hydrogens (tertiary/aromatic N) is 2. The Balaban J connectivity index is 1.61. The SMILES string of the molecule is Cc1nc2c(s1)C(NCc1ccnc(OCC(F)F)c1)CCC2. The van der Waals surface area contributed by atoms with Gasteiger partial charge in [-0.15, -0.1) is 11.3 Å². The van der Waals surface area contributed by atoms with Crippen LogP contribution in [0.15, 0.2) is 18.3 Å². The van der Waals surface area contributed by atoms with Gasteiger partial charge in [0.25, 0.3) is 6.43 Å². The summed E-state index contributed by atoms with van der Waals surface area (Å²) < 4.78 is 29.3. The second-order valence-corrected chi connectivity index (χ2v) is 6.81. The van der Waals surface area contributed by atoms with Crippen molar-refractivity contribution in [1.82, 2.24) is 15.3 Å². The first kappa shape index (κ1) is 16.3. The summed E-state index contributed by atoms with van der Waals surface area (Å²) in [5.74, 6) is 0.238. The first-order valence-electron chi connectivity index (χ1n) is 7.67. The third kappa shape index (κ3) is 4.23. The number of hydrogen-bond acceptors (Lipinski definition) is 5. The molecule has 1 N–H and O–H groups in total. The molecular weight excluding hydrogens is 320 g/mol. The van der Waals surface area contributed by atoms with E-state index in [1.54, 1.807) is 23.6 Å². The summed E-state index contributed by atoms with van der Waals surface area (Å²) in [5, 5.41) is 4.65. The maximum atomic E-state index is 12.2. The van der Waals surface area contributed by atoms with Gasteiger partial charge in [0.05, 0.1) is 10.7 Å². The van der Waals surface area contributed by atoms with Gasteiger partial charge in [-0.3, -0.25) is 0 Å². The predicted octanol–water partition coefficient (Wildman–Crippen LogP) is 3.66. The molecular formula is C16H19F2N3OS. The summed E-state index contributed by atoms with van der Waals surface area (Å²) in [6.07, 6.45) is 2.37. The predicted molar refractivity (Wildman–Crippen MR) is 85.1 cm³/mol. The van der Waals surface area contributed by atoms with E-state index in [2.05, 4.69) is 15.3 Å². The molecule has 4 nitrogen and oxygen atoms in total. The fourth-order valence-electron chi connectivity index (χ4n) is 2.77. The first-order chi connectivity index (χ1) is 11.1. The minimum Gasteiger partial charge on any atom is -0.472 e. The minimum atomic E-state index is -2.49. The summed E-state index contributed by atoms with van der Waals surface area (Å²) in [5.41, 5.74) is 2.18. The van der Waals surface area contributed by atoms with E-state index in [-0.39, 0.29) is 5.88 Å². The molecule has 0 aliphatic heterocycles. The number of hydrogen-bond donors (Lipinski definition) is 1. The highest BCUT2D eigenvalue weighted by atomic mass is 32.1. The van der Waals surface area contributed by atoms with Crippen molar-refractivity contribution in [3.8, 4) is 5.88 Å². The van der Waals surface area contributed by atoms with E-state index in [1.165, 1.54) is 10.6 Å². The van der Waals surface area contributed by atoms with E-state index >= 15 is 0 Å². The van der Waals surface area contributed by atoms with Crippen molar-refractivity contribution in [3.63, 3.8) is 0 Å². The van der Waals surface area contributed by atoms with Crippen LogP contribution in [-0.4, -0.2) is 23.0 Å². The van der Waals surface area contributed by atoms with Crippen LogP contribution < -0.4 is 10.1 Å². The van der Waals surface area contributed by atoms with Crippen molar-refractivity contribution >= 4 is 11.3 Å². The summed E-state index contributed by atoms with van der Waals surface area (Å²) in [4.78, 5) is 9.87. The smallest absolute Gasteiger partial charge is 0.272 e. The molecule has 1 unspecified atom stereocenters. The Morgan fingerprint density at radius 2 is 2.35 bits per heavy atom. The van der Waals surface area contributed by atoms with E-state index in [0.717, 1.165) is 29.8 Å². The average Bonchev–Trinajstić information content (AvgIpc) is 2.92. The number of nitrogens with one attached hydrogen (secondary N) is 1. The van der Waals surface area contributed by atoms with Crippen LogP contribution >= 0.6 is 11.3 Å². The molecule has 0 radical (unpaired) electrons. The highest BCUT2D eigenvalue weighted by Crippen LogP contribution is 2.34. The molecule has 0 saturated heterocycles. The molecule has 0 saturated carbocycles. The highest BCUT2D eigenvalue weighted by molar-refractivity contribution is 7.11. The van der Waals surface area contributed by atoms with Gasteiger partial charge in [0.2, 0.25) is 5.88 Å². The molecule has 124 valence electrons. The molecule has 1 aliphatic carbocycles. The third-order valence-electron chi connectivity index (χ3n) is 3.77. The maximum Gasteiger partial charge on any atom is 0.272 e. The summed E-state index contributed by atoms with van der Waals surface area (Å²) in [7, 11) is 0. The van der Waals surface area contributed by atoms with Crippen LogP contribution in [0.5, 0.6) is 5.88 Å². The van der Waals surface area contributed by atoms with E-state index in [9.17, 15) is 8.78 Å². The average molecular weight is 339 g/mol. The lowest BCUT2D eigenvalue weighted by molar-refractivity contribution is 0.0795. The fourth-order valence-corrected chi connectivity index (χ4v) is 3.85. The Morgan fingerprint density at radius 1 is 1.48 bits per heavy atom. The van der Waals surface area contributed by atoms with Gasteiger partial charge in [0, 0.05) is 29.7 Å². The Bertz CT molecular complexity index is 663. The Morgan fingerprint density at radius 3 is 3.17 bits per heavy atom. The molecule has 0 spiro atoms. The van der Waals surface area contributed by atoms with Crippen molar-refractivity contribution < 1.29 is 13.5 Å². The number of aryl methyl sites for hydroxylation is 2. The molecule has 0 amide bonds. The Kier molecular flexibility index (Phi) is 5.17. The molecule has 3 rings (SSSR count). The number of halogens is 2. The van der Waals surface area contributed by atoms with Crippen LogP contribution in [0.4, 0.5) is 8.78 Å². The number of alkyl halides is 2. The standard InChI is InChI=1S/C16H19F2N3OS/c1-10-21-13-4-2-3-12(16(13)23-10)20-8-11-5-6-19-15(7-11)22-9-14(17)18/h5-7,12,14,20H,2-4,8-9H2,1H3. The molecule has 1 atom stereocenters. The molecule has 7 heteroatoms. The van der Waals surface area contributed by atoms with E-state index < -0.39 is 13.0 Å². The van der Waals surface area contributed by atoms with Gasteiger partial charge in [-0.05, 0) is 37.8 Å². The summed E-state index contributed by atoms with van der Waals surface area (Å²) in [6.45, 7) is 2.06. The maximum absolute atomic E-state index is 12.2. The van der Waals surface area contributed by atoms with Crippen LogP contribution in [-0.2, 0) is 13.0 Å². The number of pyridine rings is 1. The normalized spacial score (nSPS) is 17.3. The quantitative estimate of drug-likeness (QED) is 0.872. The van der Waals surface area contributed by atoms with E-state index in [4.69, 9.17) is 4.74 Å². The molecule has 2 aromatic heterocycles. The molecule has 0 aromatic carbocycles. The first-order valence-corrected chi connectivity index (χ1v) is 8.49. The fraction of sp³-hybridized carbons (Fsp3) is 0.500. The molecule has 2 aromatic rings. The van der Waals surface area contributed by atoms with Crippen LogP contribution in [0.25, 0.3) is 0 Å². The topological polar surface area (TPSA) is 47.0 Å². The van der Waals surface area contributed by atoms with Gasteiger partial charge >= 0.3 is 0 Å². The van der Waals surface area contributed by atoms with Crippen LogP contribution in [0.2, 0.25) is 0 Å². The largest absolute Gasteiger partial charge is 0.472 e. The zero-order chi connectivity index (χ0) is 16.2. The monoisotopic (exact) mass is 339 g/mol. The lowest BCUT2D eigenvalue weighted by Crippen LogP contribution is -2.23. The van der Waals surface area contributed by atoms with Crippen molar-refractivity contribution in [3.05, 3.63) is 39.5 Å². The number of aromatic nitrogens is 2. The van der Waals surface area contributed by atoms with Gasteiger partial charge in [-0.25, -0.2) is 18.7 Å². The van der Waals surface area contributed by atoms with Gasteiger partial charge in [0.15, 0.2) is 6.61 Å². The second kappa shape index (κ2) is 7.31. The van der Waals surface area contributed by atoms with Crippen molar-refractivity contribution in [2.75, 3.05) is 6.61 Å². The molecule has 23 heavy (non-hydrogen) atoms. The number of ether oxygens (including phenoxy) is 1. The van der Waals surface area contributed by atoms with E-state index in [1.807, 2.05) is 13.0 Å². The number of thiazole rings is 1. The minimum absolute atomic E-state index is 0.238.